The quantitative estimate of drug-likeness (QED) is 0.408. The number of benzene rings is 3. The maximum Gasteiger partial charge on any atom is 0.335 e. The first kappa shape index (κ1) is 27.0. The third-order valence-corrected chi connectivity index (χ3v) is 7.63. The highest BCUT2D eigenvalue weighted by Gasteiger charge is 2.37. The van der Waals surface area contributed by atoms with Crippen LogP contribution in [0.4, 0.5) is 10.5 Å². The number of carboxylic acids is 1. The highest BCUT2D eigenvalue weighted by molar-refractivity contribution is 8.18. The van der Waals surface area contributed by atoms with Crippen molar-refractivity contribution in [2.75, 3.05) is 37.6 Å². The number of hydrogen-bond acceptors (Lipinski definition) is 7. The van der Waals surface area contributed by atoms with Crippen LogP contribution in [0.25, 0.3) is 6.08 Å². The lowest BCUT2D eigenvalue weighted by Gasteiger charge is -2.36. The highest BCUT2D eigenvalue weighted by atomic mass is 32.2. The Labute approximate surface area is 235 Å². The molecular formula is C30H27N3O6S. The minimum Gasteiger partial charge on any atom is -0.488 e. The molecule has 0 radical (unpaired) electrons. The standard InChI is InChI=1S/C30H27N3O6S/c34-27(32-16-14-31(15-17-32)24-7-2-1-3-8-24)19-33-28(35)26(40-30(33)38)18-23-6-4-5-9-25(23)39-20-21-10-12-22(13-11-21)29(36)37/h1-13,18H,14-17,19-20H2,(H,36,37)/b26-18+. The first-order valence-corrected chi connectivity index (χ1v) is 13.6. The molecule has 1 N–H and O–H groups in total. The van der Waals surface area contributed by atoms with Crippen LogP contribution in [0.5, 0.6) is 5.75 Å². The molecule has 204 valence electrons. The molecule has 0 unspecified atom stereocenters. The third kappa shape index (κ3) is 6.18. The lowest BCUT2D eigenvalue weighted by Crippen LogP contribution is -2.51. The van der Waals surface area contributed by atoms with Gasteiger partial charge < -0.3 is 19.6 Å². The van der Waals surface area contributed by atoms with E-state index in [1.165, 1.54) is 12.1 Å². The van der Waals surface area contributed by atoms with Gasteiger partial charge in [0.25, 0.3) is 11.1 Å². The van der Waals surface area contributed by atoms with Crippen molar-refractivity contribution in [1.82, 2.24) is 9.80 Å². The number of rotatable bonds is 8. The Morgan fingerprint density at radius 2 is 1.55 bits per heavy atom. The Balaban J connectivity index is 1.20. The Morgan fingerprint density at radius 3 is 2.25 bits per heavy atom. The van der Waals surface area contributed by atoms with Crippen LogP contribution in [-0.2, 0) is 16.2 Å². The Bertz CT molecular complexity index is 1450. The molecule has 10 heteroatoms. The monoisotopic (exact) mass is 557 g/mol. The molecule has 2 aliphatic rings. The second kappa shape index (κ2) is 12.1. The molecule has 3 aromatic rings. The van der Waals surface area contributed by atoms with Gasteiger partial charge in [-0.3, -0.25) is 19.3 Å². The molecule has 40 heavy (non-hydrogen) atoms. The van der Waals surface area contributed by atoms with Gasteiger partial charge in [0.05, 0.1) is 10.5 Å². The second-order valence-electron chi connectivity index (χ2n) is 9.30. The van der Waals surface area contributed by atoms with Crippen LogP contribution < -0.4 is 9.64 Å². The van der Waals surface area contributed by atoms with E-state index >= 15 is 0 Å². The first-order chi connectivity index (χ1) is 19.4. The molecule has 3 aromatic carbocycles. The molecule has 0 aliphatic carbocycles. The highest BCUT2D eigenvalue weighted by Crippen LogP contribution is 2.34. The van der Waals surface area contributed by atoms with Gasteiger partial charge in [-0.15, -0.1) is 0 Å². The van der Waals surface area contributed by atoms with Crippen molar-refractivity contribution in [3.63, 3.8) is 0 Å². The maximum atomic E-state index is 13.1. The van der Waals surface area contributed by atoms with Gasteiger partial charge in [-0.05, 0) is 53.7 Å². The lowest BCUT2D eigenvalue weighted by molar-refractivity contribution is -0.136. The number of carbonyl (C=O) groups excluding carboxylic acids is 3. The van der Waals surface area contributed by atoms with E-state index in [0.717, 1.165) is 27.9 Å². The van der Waals surface area contributed by atoms with Crippen molar-refractivity contribution in [1.29, 1.82) is 0 Å². The van der Waals surface area contributed by atoms with Gasteiger partial charge in [-0.1, -0.05) is 48.5 Å². The Kier molecular flexibility index (Phi) is 8.16. The van der Waals surface area contributed by atoms with Crippen LogP contribution in [0.15, 0.2) is 83.8 Å². The molecule has 2 saturated heterocycles. The average Bonchev–Trinajstić information content (AvgIpc) is 3.24. The van der Waals surface area contributed by atoms with E-state index in [2.05, 4.69) is 4.90 Å². The summed E-state index contributed by atoms with van der Waals surface area (Å²) >= 11 is 0.799. The van der Waals surface area contributed by atoms with E-state index in [1.807, 2.05) is 30.3 Å². The molecule has 0 saturated carbocycles. The number of anilines is 1. The lowest BCUT2D eigenvalue weighted by atomic mass is 10.1. The van der Waals surface area contributed by atoms with Crippen molar-refractivity contribution in [2.24, 2.45) is 0 Å². The van der Waals surface area contributed by atoms with E-state index < -0.39 is 17.1 Å². The van der Waals surface area contributed by atoms with E-state index in [1.54, 1.807) is 47.4 Å². The zero-order valence-electron chi connectivity index (χ0n) is 21.6. The van der Waals surface area contributed by atoms with E-state index in [0.29, 0.717) is 37.5 Å². The van der Waals surface area contributed by atoms with E-state index in [-0.39, 0.29) is 29.5 Å². The number of para-hydroxylation sites is 2. The molecule has 0 spiro atoms. The summed E-state index contributed by atoms with van der Waals surface area (Å²) < 4.78 is 5.93. The van der Waals surface area contributed by atoms with Gasteiger partial charge in [0.15, 0.2) is 0 Å². The first-order valence-electron chi connectivity index (χ1n) is 12.8. The van der Waals surface area contributed by atoms with Crippen LogP contribution in [0.3, 0.4) is 0 Å². The van der Waals surface area contributed by atoms with Crippen LogP contribution in [0.1, 0.15) is 21.5 Å². The number of carboxylic acid groups (broad SMARTS) is 1. The van der Waals surface area contributed by atoms with Crippen molar-refractivity contribution in [3.05, 3.63) is 100 Å². The summed E-state index contributed by atoms with van der Waals surface area (Å²) in [6, 6.07) is 23.5. The largest absolute Gasteiger partial charge is 0.488 e. The van der Waals surface area contributed by atoms with Crippen LogP contribution in [0.2, 0.25) is 0 Å². The van der Waals surface area contributed by atoms with Gasteiger partial charge in [-0.25, -0.2) is 4.79 Å². The molecule has 2 fully saturated rings. The van der Waals surface area contributed by atoms with Crippen molar-refractivity contribution in [3.8, 4) is 5.75 Å². The van der Waals surface area contributed by atoms with Crippen molar-refractivity contribution in [2.45, 2.75) is 6.61 Å². The van der Waals surface area contributed by atoms with Crippen LogP contribution in [-0.4, -0.2) is 70.7 Å². The number of amides is 3. The molecule has 2 aliphatic heterocycles. The van der Waals surface area contributed by atoms with Gasteiger partial charge in [0, 0.05) is 37.4 Å². The van der Waals surface area contributed by atoms with Crippen LogP contribution in [0, 0.1) is 0 Å². The number of aromatic carboxylic acids is 1. The normalized spacial score (nSPS) is 16.5. The summed E-state index contributed by atoms with van der Waals surface area (Å²) in [5, 5.41) is 8.58. The molecule has 0 bridgehead atoms. The summed E-state index contributed by atoms with van der Waals surface area (Å²) in [6.07, 6.45) is 1.59. The zero-order chi connectivity index (χ0) is 28.1. The summed E-state index contributed by atoms with van der Waals surface area (Å²) in [6.45, 7) is 2.29. The topological polar surface area (TPSA) is 107 Å². The number of hydrogen-bond donors (Lipinski definition) is 1. The number of thioether (sulfide) groups is 1. The summed E-state index contributed by atoms with van der Waals surface area (Å²) in [5.41, 5.74) is 2.68. The molecular weight excluding hydrogens is 530 g/mol. The molecule has 2 heterocycles. The maximum absolute atomic E-state index is 13.1. The van der Waals surface area contributed by atoms with Gasteiger partial charge in [-0.2, -0.15) is 0 Å². The van der Waals surface area contributed by atoms with Crippen molar-refractivity contribution < 1.29 is 29.0 Å². The average molecular weight is 558 g/mol. The summed E-state index contributed by atoms with van der Waals surface area (Å²) in [7, 11) is 0. The van der Waals surface area contributed by atoms with E-state index in [4.69, 9.17) is 9.84 Å². The van der Waals surface area contributed by atoms with E-state index in [9.17, 15) is 19.2 Å². The molecule has 9 nitrogen and oxygen atoms in total. The number of nitrogens with zero attached hydrogens (tertiary/aromatic N) is 3. The van der Waals surface area contributed by atoms with Gasteiger partial charge in [0.1, 0.15) is 18.9 Å². The fourth-order valence-corrected chi connectivity index (χ4v) is 5.33. The van der Waals surface area contributed by atoms with Crippen molar-refractivity contribution >= 4 is 46.5 Å². The molecule has 5 rings (SSSR count). The third-order valence-electron chi connectivity index (χ3n) is 6.72. The smallest absolute Gasteiger partial charge is 0.335 e. The molecule has 0 atom stereocenters. The SMILES string of the molecule is O=C(O)c1ccc(COc2ccccc2/C=C2/SC(=O)N(CC(=O)N3CCN(c4ccccc4)CC3)C2=O)cc1. The fourth-order valence-electron chi connectivity index (χ4n) is 4.50. The number of ether oxygens (including phenoxy) is 1. The van der Waals surface area contributed by atoms with Gasteiger partial charge >= 0.3 is 5.97 Å². The number of imide groups is 1. The summed E-state index contributed by atoms with van der Waals surface area (Å²) in [5.74, 6) is -1.26. The molecule has 0 aromatic heterocycles. The van der Waals surface area contributed by atoms with Gasteiger partial charge in [0.2, 0.25) is 5.91 Å². The Hall–Kier alpha value is -4.57. The predicted molar refractivity (Wildman–Crippen MR) is 152 cm³/mol. The Morgan fingerprint density at radius 1 is 0.875 bits per heavy atom. The zero-order valence-corrected chi connectivity index (χ0v) is 22.4. The minimum atomic E-state index is -1.00. The summed E-state index contributed by atoms with van der Waals surface area (Å²) in [4.78, 5) is 54.9. The van der Waals surface area contributed by atoms with Crippen LogP contribution >= 0.6 is 11.8 Å². The number of carbonyl (C=O) groups is 4. The fraction of sp³-hybridized carbons (Fsp3) is 0.200. The molecule has 3 amide bonds. The second-order valence-corrected chi connectivity index (χ2v) is 10.3. The minimum absolute atomic E-state index is 0.188. The predicted octanol–water partition coefficient (Wildman–Crippen LogP) is 4.35. The number of piperazine rings is 1.